The Morgan fingerprint density at radius 1 is 0.821 bits per heavy atom. The van der Waals surface area contributed by atoms with Crippen molar-refractivity contribution in [3.63, 3.8) is 0 Å². The quantitative estimate of drug-likeness (QED) is 0.561. The van der Waals surface area contributed by atoms with Crippen LogP contribution in [0.25, 0.3) is 0 Å². The van der Waals surface area contributed by atoms with E-state index in [1.165, 1.54) is 5.56 Å². The fourth-order valence-corrected chi connectivity index (χ4v) is 3.48. The third-order valence-corrected chi connectivity index (χ3v) is 5.04. The Morgan fingerprint density at radius 3 is 2.04 bits per heavy atom. The third kappa shape index (κ3) is 4.80. The van der Waals surface area contributed by atoms with Crippen LogP contribution in [0.4, 0.5) is 5.69 Å². The minimum Gasteiger partial charge on any atom is -0.378 e. The molecule has 0 saturated carbocycles. The van der Waals surface area contributed by atoms with Crippen LogP contribution >= 0.6 is 0 Å². The Balaban J connectivity index is 1.92. The van der Waals surface area contributed by atoms with Gasteiger partial charge in [0.2, 0.25) is 0 Å². The second-order valence-corrected chi connectivity index (χ2v) is 6.81. The van der Waals surface area contributed by atoms with Gasteiger partial charge in [-0.3, -0.25) is 4.79 Å². The van der Waals surface area contributed by atoms with Crippen LogP contribution in [0.5, 0.6) is 0 Å². The number of nitrogens with one attached hydrogen (secondary N) is 1. The number of nitrogens with zero attached hydrogens (tertiary/aromatic N) is 1. The Kier molecular flexibility index (Phi) is 6.85. The summed E-state index contributed by atoms with van der Waals surface area (Å²) in [6.45, 7) is 5.48. The number of carbonyl (C=O) groups excluding carboxylic acids is 1. The lowest BCUT2D eigenvalue weighted by Crippen LogP contribution is -2.31. The molecule has 1 N–H and O–H groups in total. The molecule has 3 aromatic rings. The van der Waals surface area contributed by atoms with Crippen LogP contribution in [0, 0.1) is 0 Å². The average molecular weight is 373 g/mol. The van der Waals surface area contributed by atoms with Crippen LogP contribution in [-0.2, 0) is 6.42 Å². The zero-order valence-electron chi connectivity index (χ0n) is 16.6. The van der Waals surface area contributed by atoms with Crippen molar-refractivity contribution in [2.75, 3.05) is 18.4 Å². The fraction of sp³-hybridized carbons (Fsp3) is 0.240. The molecule has 0 spiro atoms. The van der Waals surface area contributed by atoms with Gasteiger partial charge in [0.1, 0.15) is 0 Å². The average Bonchev–Trinajstić information content (AvgIpc) is 2.76. The van der Waals surface area contributed by atoms with Crippen molar-refractivity contribution in [2.24, 2.45) is 0 Å². The van der Waals surface area contributed by atoms with Crippen LogP contribution in [-0.4, -0.2) is 23.9 Å². The molecule has 0 heterocycles. The van der Waals surface area contributed by atoms with Gasteiger partial charge in [0.25, 0.3) is 5.91 Å². The van der Waals surface area contributed by atoms with E-state index >= 15 is 0 Å². The topological polar surface area (TPSA) is 32.3 Å². The van der Waals surface area contributed by atoms with Gasteiger partial charge in [-0.15, -0.1) is 0 Å². The standard InChI is InChI=1S/C25H28N2O/c1-3-27(4-2)25(28)23-18-12-11-15-21(23)19-24(20-13-7-5-8-14-20)26-22-16-9-6-10-17-22/h5-18,24,26H,3-4,19H2,1-2H3. The fourth-order valence-electron chi connectivity index (χ4n) is 3.48. The molecule has 3 rings (SSSR count). The van der Waals surface area contributed by atoms with Crippen LogP contribution in [0.3, 0.4) is 0 Å². The summed E-state index contributed by atoms with van der Waals surface area (Å²) in [4.78, 5) is 14.9. The van der Waals surface area contributed by atoms with E-state index in [1.54, 1.807) is 0 Å². The van der Waals surface area contributed by atoms with Crippen LogP contribution in [0.1, 0.15) is 41.4 Å². The molecular weight excluding hydrogens is 344 g/mol. The van der Waals surface area contributed by atoms with Crippen molar-refractivity contribution in [3.8, 4) is 0 Å². The number of rotatable bonds is 8. The maximum Gasteiger partial charge on any atom is 0.254 e. The molecule has 0 aliphatic heterocycles. The molecule has 3 aromatic carbocycles. The molecule has 3 heteroatoms. The summed E-state index contributed by atoms with van der Waals surface area (Å²) in [7, 11) is 0. The van der Waals surface area contributed by atoms with Crippen molar-refractivity contribution < 1.29 is 4.79 Å². The normalized spacial score (nSPS) is 11.6. The van der Waals surface area contributed by atoms with E-state index in [4.69, 9.17) is 0 Å². The van der Waals surface area contributed by atoms with Crippen molar-refractivity contribution in [1.82, 2.24) is 4.90 Å². The van der Waals surface area contributed by atoms with Crippen LogP contribution in [0.15, 0.2) is 84.9 Å². The molecule has 0 aliphatic rings. The number of amides is 1. The molecule has 0 aliphatic carbocycles. The van der Waals surface area contributed by atoms with Gasteiger partial charge in [-0.2, -0.15) is 0 Å². The van der Waals surface area contributed by atoms with Crippen LogP contribution < -0.4 is 5.32 Å². The van der Waals surface area contributed by atoms with Gasteiger partial charge in [-0.25, -0.2) is 0 Å². The summed E-state index contributed by atoms with van der Waals surface area (Å²) >= 11 is 0. The highest BCUT2D eigenvalue weighted by Gasteiger charge is 2.19. The van der Waals surface area contributed by atoms with E-state index in [-0.39, 0.29) is 11.9 Å². The van der Waals surface area contributed by atoms with E-state index in [1.807, 2.05) is 61.2 Å². The molecule has 0 fully saturated rings. The minimum absolute atomic E-state index is 0.0780. The highest BCUT2D eigenvalue weighted by atomic mass is 16.2. The van der Waals surface area contributed by atoms with Gasteiger partial charge in [-0.05, 0) is 49.6 Å². The Bertz CT molecular complexity index is 873. The first-order valence-corrected chi connectivity index (χ1v) is 9.96. The van der Waals surface area contributed by atoms with E-state index in [0.717, 1.165) is 23.2 Å². The number of para-hydroxylation sites is 1. The molecule has 3 nitrogen and oxygen atoms in total. The second kappa shape index (κ2) is 9.75. The van der Waals surface area contributed by atoms with Gasteiger partial charge in [0.05, 0.1) is 6.04 Å². The summed E-state index contributed by atoms with van der Waals surface area (Å²) in [6.07, 6.45) is 0.738. The maximum absolute atomic E-state index is 13.0. The Hall–Kier alpha value is -3.07. The Morgan fingerprint density at radius 2 is 1.39 bits per heavy atom. The van der Waals surface area contributed by atoms with Gasteiger partial charge >= 0.3 is 0 Å². The SMILES string of the molecule is CCN(CC)C(=O)c1ccccc1CC(Nc1ccccc1)c1ccccc1. The maximum atomic E-state index is 13.0. The predicted octanol–water partition coefficient (Wildman–Crippen LogP) is 5.56. The molecule has 28 heavy (non-hydrogen) atoms. The molecular formula is C25H28N2O. The van der Waals surface area contributed by atoms with Gasteiger partial charge in [0.15, 0.2) is 0 Å². The summed E-state index contributed by atoms with van der Waals surface area (Å²) < 4.78 is 0. The summed E-state index contributed by atoms with van der Waals surface area (Å²) in [5, 5.41) is 3.64. The third-order valence-electron chi connectivity index (χ3n) is 5.04. The lowest BCUT2D eigenvalue weighted by Gasteiger charge is -2.24. The predicted molar refractivity (Wildman–Crippen MR) is 117 cm³/mol. The first kappa shape index (κ1) is 19.7. The molecule has 0 bridgehead atoms. The first-order valence-electron chi connectivity index (χ1n) is 9.96. The van der Waals surface area contributed by atoms with Crippen LogP contribution in [0.2, 0.25) is 0 Å². The number of carbonyl (C=O) groups is 1. The zero-order chi connectivity index (χ0) is 19.8. The largest absolute Gasteiger partial charge is 0.378 e. The highest BCUT2D eigenvalue weighted by Crippen LogP contribution is 2.25. The molecule has 144 valence electrons. The highest BCUT2D eigenvalue weighted by molar-refractivity contribution is 5.95. The van der Waals surface area contributed by atoms with Crippen molar-refractivity contribution in [3.05, 3.63) is 102 Å². The first-order chi connectivity index (χ1) is 13.7. The number of anilines is 1. The lowest BCUT2D eigenvalue weighted by atomic mass is 9.94. The number of hydrogen-bond acceptors (Lipinski definition) is 2. The molecule has 0 saturated heterocycles. The summed E-state index contributed by atoms with van der Waals surface area (Å²) in [6, 6.07) is 28.7. The van der Waals surface area contributed by atoms with E-state index in [9.17, 15) is 4.79 Å². The minimum atomic E-state index is 0.0780. The van der Waals surface area contributed by atoms with Gasteiger partial charge < -0.3 is 10.2 Å². The molecule has 0 aromatic heterocycles. The smallest absolute Gasteiger partial charge is 0.254 e. The molecule has 0 radical (unpaired) electrons. The summed E-state index contributed by atoms with van der Waals surface area (Å²) in [5.74, 6) is 0.104. The van der Waals surface area contributed by atoms with E-state index in [2.05, 4.69) is 47.8 Å². The number of benzene rings is 3. The molecule has 1 amide bonds. The van der Waals surface area contributed by atoms with Crippen molar-refractivity contribution >= 4 is 11.6 Å². The van der Waals surface area contributed by atoms with E-state index < -0.39 is 0 Å². The van der Waals surface area contributed by atoms with Crippen molar-refractivity contribution in [2.45, 2.75) is 26.3 Å². The number of hydrogen-bond donors (Lipinski definition) is 1. The van der Waals surface area contributed by atoms with Gasteiger partial charge in [0, 0.05) is 24.3 Å². The monoisotopic (exact) mass is 372 g/mol. The second-order valence-electron chi connectivity index (χ2n) is 6.81. The summed E-state index contributed by atoms with van der Waals surface area (Å²) in [5.41, 5.74) is 4.14. The van der Waals surface area contributed by atoms with Gasteiger partial charge in [-0.1, -0.05) is 66.7 Å². The molecule has 1 atom stereocenters. The van der Waals surface area contributed by atoms with Crippen molar-refractivity contribution in [1.29, 1.82) is 0 Å². The van der Waals surface area contributed by atoms with E-state index in [0.29, 0.717) is 13.1 Å². The lowest BCUT2D eigenvalue weighted by molar-refractivity contribution is 0.0772. The zero-order valence-corrected chi connectivity index (χ0v) is 16.6. The molecule has 1 unspecified atom stereocenters. The Labute approximate surface area is 168 Å².